The van der Waals surface area contributed by atoms with Gasteiger partial charge < -0.3 is 15.5 Å². The van der Waals surface area contributed by atoms with Crippen molar-refractivity contribution in [1.82, 2.24) is 9.80 Å². The van der Waals surface area contributed by atoms with Gasteiger partial charge in [-0.05, 0) is 46.1 Å². The van der Waals surface area contributed by atoms with Gasteiger partial charge in [0.05, 0.1) is 0 Å². The predicted molar refractivity (Wildman–Crippen MR) is 73.3 cm³/mol. The van der Waals surface area contributed by atoms with Crippen molar-refractivity contribution in [2.45, 2.75) is 63.1 Å². The molecule has 0 spiro atoms. The fraction of sp³-hybridized carbons (Fsp3) is 0.929. The number of rotatable bonds is 3. The zero-order valence-electron chi connectivity index (χ0n) is 12.0. The summed E-state index contributed by atoms with van der Waals surface area (Å²) in [5.41, 5.74) is 5.97. The van der Waals surface area contributed by atoms with E-state index in [0.717, 1.165) is 32.2 Å². The Bertz CT molecular complexity index is 314. The number of carbonyl (C=O) groups excluding carboxylic acids is 1. The van der Waals surface area contributed by atoms with Gasteiger partial charge in [0.15, 0.2) is 0 Å². The molecule has 4 nitrogen and oxygen atoms in total. The summed E-state index contributed by atoms with van der Waals surface area (Å²) in [5, 5.41) is 0. The van der Waals surface area contributed by atoms with Gasteiger partial charge in [0.1, 0.15) is 0 Å². The molecule has 1 heterocycles. The molecule has 0 unspecified atom stereocenters. The molecule has 0 radical (unpaired) electrons. The van der Waals surface area contributed by atoms with Crippen LogP contribution in [0.1, 0.15) is 45.4 Å². The molecule has 18 heavy (non-hydrogen) atoms. The lowest BCUT2D eigenvalue weighted by molar-refractivity contribution is -0.135. The second-order valence-corrected chi connectivity index (χ2v) is 6.41. The first-order chi connectivity index (χ1) is 8.41. The summed E-state index contributed by atoms with van der Waals surface area (Å²) in [5.74, 6) is 0.235. The third kappa shape index (κ3) is 2.86. The first kappa shape index (κ1) is 13.8. The van der Waals surface area contributed by atoms with Crippen molar-refractivity contribution >= 4 is 5.91 Å². The van der Waals surface area contributed by atoms with Crippen LogP contribution in [0.25, 0.3) is 0 Å². The molecular formula is C14H27N3O. The molecule has 1 saturated carbocycles. The first-order valence-corrected chi connectivity index (χ1v) is 7.16. The van der Waals surface area contributed by atoms with Crippen LogP contribution >= 0.6 is 0 Å². The van der Waals surface area contributed by atoms with Gasteiger partial charge in [0.25, 0.3) is 0 Å². The first-order valence-electron chi connectivity index (χ1n) is 7.16. The number of nitrogens with zero attached hydrogens (tertiary/aromatic N) is 2. The number of hydrogen-bond acceptors (Lipinski definition) is 3. The number of hydrogen-bond donors (Lipinski definition) is 1. The molecule has 4 heteroatoms. The topological polar surface area (TPSA) is 49.6 Å². The molecule has 2 fully saturated rings. The van der Waals surface area contributed by atoms with Crippen LogP contribution < -0.4 is 5.73 Å². The maximum absolute atomic E-state index is 12.3. The van der Waals surface area contributed by atoms with Crippen molar-refractivity contribution in [3.05, 3.63) is 0 Å². The van der Waals surface area contributed by atoms with E-state index in [-0.39, 0.29) is 11.4 Å². The highest BCUT2D eigenvalue weighted by atomic mass is 16.2. The average Bonchev–Trinajstić information content (AvgIpc) is 2.29. The third-order valence-corrected chi connectivity index (χ3v) is 4.97. The summed E-state index contributed by atoms with van der Waals surface area (Å²) in [7, 11) is 4.11. The minimum absolute atomic E-state index is 0.192. The minimum Gasteiger partial charge on any atom is -0.343 e. The summed E-state index contributed by atoms with van der Waals surface area (Å²) in [4.78, 5) is 16.6. The Balaban J connectivity index is 1.86. The van der Waals surface area contributed by atoms with Crippen LogP contribution in [0.3, 0.4) is 0 Å². The Morgan fingerprint density at radius 1 is 1.50 bits per heavy atom. The summed E-state index contributed by atoms with van der Waals surface area (Å²) >= 11 is 0. The maximum atomic E-state index is 12.3. The van der Waals surface area contributed by atoms with E-state index in [1.54, 1.807) is 0 Å². The molecule has 0 aromatic rings. The van der Waals surface area contributed by atoms with Crippen LogP contribution in [0.4, 0.5) is 0 Å². The van der Waals surface area contributed by atoms with E-state index in [9.17, 15) is 4.79 Å². The molecule has 0 aromatic heterocycles. The quantitative estimate of drug-likeness (QED) is 0.822. The standard InChI is InChI=1S/C14H27N3O/c1-11-9-12(5-8-16(11)2)17(3)13(18)10-14(15)6-4-7-14/h11-12H,4-10,15H2,1-3H3/t11-,12-/m1/s1. The normalized spacial score (nSPS) is 31.8. The zero-order valence-corrected chi connectivity index (χ0v) is 12.0. The van der Waals surface area contributed by atoms with Gasteiger partial charge >= 0.3 is 0 Å². The molecular weight excluding hydrogens is 226 g/mol. The molecule has 104 valence electrons. The van der Waals surface area contributed by atoms with E-state index in [4.69, 9.17) is 5.73 Å². The predicted octanol–water partition coefficient (Wildman–Crippen LogP) is 1.20. The van der Waals surface area contributed by atoms with Crippen molar-refractivity contribution < 1.29 is 4.79 Å². The smallest absolute Gasteiger partial charge is 0.224 e. The maximum Gasteiger partial charge on any atom is 0.224 e. The summed E-state index contributed by atoms with van der Waals surface area (Å²) < 4.78 is 0. The molecule has 1 saturated heterocycles. The fourth-order valence-corrected chi connectivity index (χ4v) is 3.05. The Hall–Kier alpha value is -0.610. The molecule has 1 aliphatic heterocycles. The van der Waals surface area contributed by atoms with Gasteiger partial charge in [-0.25, -0.2) is 0 Å². The van der Waals surface area contributed by atoms with E-state index in [1.807, 2.05) is 11.9 Å². The van der Waals surface area contributed by atoms with Crippen LogP contribution in [0, 0.1) is 0 Å². The summed E-state index contributed by atoms with van der Waals surface area (Å²) in [6, 6.07) is 0.960. The molecule has 0 aromatic carbocycles. The Morgan fingerprint density at radius 3 is 2.67 bits per heavy atom. The van der Waals surface area contributed by atoms with Crippen LogP contribution in [0.5, 0.6) is 0 Å². The monoisotopic (exact) mass is 253 g/mol. The highest BCUT2D eigenvalue weighted by Crippen LogP contribution is 2.33. The number of likely N-dealkylation sites (tertiary alicyclic amines) is 1. The molecule has 2 rings (SSSR count). The van der Waals surface area contributed by atoms with Crippen molar-refractivity contribution in [3.63, 3.8) is 0 Å². The molecule has 0 bridgehead atoms. The van der Waals surface area contributed by atoms with Crippen LogP contribution in [-0.2, 0) is 4.79 Å². The van der Waals surface area contributed by atoms with Crippen molar-refractivity contribution in [2.24, 2.45) is 5.73 Å². The van der Waals surface area contributed by atoms with Crippen molar-refractivity contribution in [2.75, 3.05) is 20.6 Å². The van der Waals surface area contributed by atoms with E-state index in [1.165, 1.54) is 6.42 Å². The number of carbonyl (C=O) groups is 1. The van der Waals surface area contributed by atoms with Gasteiger partial charge in [-0.15, -0.1) is 0 Å². The average molecular weight is 253 g/mol. The number of nitrogens with two attached hydrogens (primary N) is 1. The zero-order chi connectivity index (χ0) is 13.3. The largest absolute Gasteiger partial charge is 0.343 e. The minimum atomic E-state index is -0.192. The molecule has 2 aliphatic rings. The van der Waals surface area contributed by atoms with Gasteiger partial charge in [0.2, 0.25) is 5.91 Å². The van der Waals surface area contributed by atoms with Gasteiger partial charge in [-0.3, -0.25) is 4.79 Å². The highest BCUT2D eigenvalue weighted by Gasteiger charge is 2.37. The van der Waals surface area contributed by atoms with Crippen molar-refractivity contribution in [3.8, 4) is 0 Å². The van der Waals surface area contributed by atoms with Crippen LogP contribution in [0.15, 0.2) is 0 Å². The Labute approximate surface area is 110 Å². The van der Waals surface area contributed by atoms with Gasteiger partial charge in [-0.1, -0.05) is 0 Å². The number of piperidine rings is 1. The molecule has 1 amide bonds. The van der Waals surface area contributed by atoms with E-state index in [0.29, 0.717) is 18.5 Å². The van der Waals surface area contributed by atoms with E-state index >= 15 is 0 Å². The van der Waals surface area contributed by atoms with E-state index in [2.05, 4.69) is 18.9 Å². The van der Waals surface area contributed by atoms with Crippen molar-refractivity contribution in [1.29, 1.82) is 0 Å². The van der Waals surface area contributed by atoms with Gasteiger partial charge in [-0.2, -0.15) is 0 Å². The number of amides is 1. The second kappa shape index (κ2) is 5.17. The fourth-order valence-electron chi connectivity index (χ4n) is 3.05. The van der Waals surface area contributed by atoms with Crippen LogP contribution in [-0.4, -0.2) is 54.0 Å². The second-order valence-electron chi connectivity index (χ2n) is 6.41. The summed E-state index contributed by atoms with van der Waals surface area (Å²) in [6.45, 7) is 3.32. The third-order valence-electron chi connectivity index (χ3n) is 4.97. The molecule has 2 atom stereocenters. The Morgan fingerprint density at radius 2 is 2.17 bits per heavy atom. The Kier molecular flexibility index (Phi) is 3.97. The molecule has 1 aliphatic carbocycles. The lowest BCUT2D eigenvalue weighted by Crippen LogP contribution is -2.53. The summed E-state index contributed by atoms with van der Waals surface area (Å²) in [6.07, 6.45) is 5.90. The van der Waals surface area contributed by atoms with Crippen LogP contribution in [0.2, 0.25) is 0 Å². The molecule has 2 N–H and O–H groups in total. The highest BCUT2D eigenvalue weighted by molar-refractivity contribution is 5.77. The van der Waals surface area contributed by atoms with Gasteiger partial charge in [0, 0.05) is 37.6 Å². The lowest BCUT2D eigenvalue weighted by atomic mass is 9.75. The SMILES string of the molecule is C[C@@H]1C[C@H](N(C)C(=O)CC2(N)CCC2)CCN1C. The lowest BCUT2D eigenvalue weighted by Gasteiger charge is -2.42. The van der Waals surface area contributed by atoms with E-state index < -0.39 is 0 Å².